The quantitative estimate of drug-likeness (QED) is 0.843. The Morgan fingerprint density at radius 2 is 2.06 bits per heavy atom. The molecule has 0 amide bonds. The highest BCUT2D eigenvalue weighted by Gasteiger charge is 2.06. The van der Waals surface area contributed by atoms with Crippen molar-refractivity contribution in [3.05, 3.63) is 28.8 Å². The third-order valence-electron chi connectivity index (χ3n) is 2.20. The summed E-state index contributed by atoms with van der Waals surface area (Å²) in [5.74, 6) is 6.63. The van der Waals surface area contributed by atoms with Crippen LogP contribution in [0.15, 0.2) is 18.2 Å². The first-order chi connectivity index (χ1) is 8.29. The number of hydrogen-bond acceptors (Lipinski definition) is 2. The fourth-order valence-electron chi connectivity index (χ4n) is 1.31. The number of ether oxygens (including phenoxy) is 1. The monoisotopic (exact) mass is 266 g/mol. The lowest BCUT2D eigenvalue weighted by Crippen LogP contribution is -2.02. The highest BCUT2D eigenvalue weighted by molar-refractivity contribution is 6.32. The number of aliphatic hydroxyl groups excluding tert-OH is 1. The van der Waals surface area contributed by atoms with E-state index in [-0.39, 0.29) is 5.41 Å². The SMILES string of the molecule is C[C@H](O)c1ccc(OCC#CC(C)(C)C)c(Cl)c1. The van der Waals surface area contributed by atoms with Gasteiger partial charge in [0.05, 0.1) is 11.1 Å². The Kier molecular flexibility index (Phi) is 5.07. The zero-order chi connectivity index (χ0) is 13.8. The van der Waals surface area contributed by atoms with Crippen molar-refractivity contribution in [3.8, 4) is 17.6 Å². The van der Waals surface area contributed by atoms with E-state index >= 15 is 0 Å². The van der Waals surface area contributed by atoms with Crippen LogP contribution in [0.4, 0.5) is 0 Å². The summed E-state index contributed by atoms with van der Waals surface area (Å²) < 4.78 is 5.48. The Morgan fingerprint density at radius 3 is 2.56 bits per heavy atom. The Morgan fingerprint density at radius 1 is 1.39 bits per heavy atom. The second kappa shape index (κ2) is 6.13. The summed E-state index contributed by atoms with van der Waals surface area (Å²) in [6.07, 6.45) is -0.530. The molecular formula is C15H19ClO2. The molecule has 0 aliphatic heterocycles. The fourth-order valence-corrected chi connectivity index (χ4v) is 1.55. The molecule has 98 valence electrons. The Balaban J connectivity index is 2.66. The second-order valence-electron chi connectivity index (χ2n) is 5.21. The van der Waals surface area contributed by atoms with E-state index in [9.17, 15) is 5.11 Å². The summed E-state index contributed by atoms with van der Waals surface area (Å²) in [5.41, 5.74) is 0.747. The highest BCUT2D eigenvalue weighted by Crippen LogP contribution is 2.27. The second-order valence-corrected chi connectivity index (χ2v) is 5.61. The smallest absolute Gasteiger partial charge is 0.149 e. The summed E-state index contributed by atoms with van der Waals surface area (Å²) >= 11 is 6.06. The van der Waals surface area contributed by atoms with Crippen molar-refractivity contribution in [2.75, 3.05) is 6.61 Å². The number of benzene rings is 1. The molecule has 0 saturated heterocycles. The maximum atomic E-state index is 9.42. The Labute approximate surface area is 114 Å². The largest absolute Gasteiger partial charge is 0.479 e. The van der Waals surface area contributed by atoms with E-state index in [0.29, 0.717) is 17.4 Å². The van der Waals surface area contributed by atoms with Gasteiger partial charge in [0.25, 0.3) is 0 Å². The van der Waals surface area contributed by atoms with E-state index < -0.39 is 6.10 Å². The Bertz CT molecular complexity index is 462. The van der Waals surface area contributed by atoms with Gasteiger partial charge in [-0.05, 0) is 45.4 Å². The van der Waals surface area contributed by atoms with Crippen molar-refractivity contribution in [1.82, 2.24) is 0 Å². The van der Waals surface area contributed by atoms with Crippen LogP contribution in [0.25, 0.3) is 0 Å². The fraction of sp³-hybridized carbons (Fsp3) is 0.467. The lowest BCUT2D eigenvalue weighted by atomic mass is 9.98. The molecule has 0 aliphatic rings. The van der Waals surface area contributed by atoms with Crippen molar-refractivity contribution in [1.29, 1.82) is 0 Å². The molecule has 0 radical (unpaired) electrons. The molecule has 1 atom stereocenters. The van der Waals surface area contributed by atoms with Gasteiger partial charge in [-0.3, -0.25) is 0 Å². The zero-order valence-corrected chi connectivity index (χ0v) is 12.0. The van der Waals surface area contributed by atoms with E-state index in [1.54, 1.807) is 25.1 Å². The summed E-state index contributed by atoms with van der Waals surface area (Å²) in [6.45, 7) is 8.14. The maximum Gasteiger partial charge on any atom is 0.149 e. The number of aliphatic hydroxyl groups is 1. The summed E-state index contributed by atoms with van der Waals surface area (Å²) in [5, 5.41) is 9.91. The molecule has 1 aromatic carbocycles. The molecule has 18 heavy (non-hydrogen) atoms. The standard InChI is InChI=1S/C15H19ClO2/c1-11(17)12-6-7-14(13(16)10-12)18-9-5-8-15(2,3)4/h6-7,10-11,17H,9H2,1-4H3/t11-/m0/s1. The van der Waals surface area contributed by atoms with Crippen LogP contribution in [0.2, 0.25) is 5.02 Å². The van der Waals surface area contributed by atoms with Crippen LogP contribution in [0.1, 0.15) is 39.4 Å². The van der Waals surface area contributed by atoms with Gasteiger partial charge in [-0.15, -0.1) is 0 Å². The molecule has 0 heterocycles. The average molecular weight is 267 g/mol. The normalized spacial score (nSPS) is 12.6. The minimum atomic E-state index is -0.530. The lowest BCUT2D eigenvalue weighted by Gasteiger charge is -2.10. The van der Waals surface area contributed by atoms with Gasteiger partial charge in [-0.25, -0.2) is 0 Å². The molecule has 0 aromatic heterocycles. The van der Waals surface area contributed by atoms with Gasteiger partial charge in [-0.2, -0.15) is 0 Å². The number of halogens is 1. The molecule has 0 fully saturated rings. The van der Waals surface area contributed by atoms with Gasteiger partial charge >= 0.3 is 0 Å². The van der Waals surface area contributed by atoms with Crippen LogP contribution in [-0.2, 0) is 0 Å². The molecular weight excluding hydrogens is 248 g/mol. The van der Waals surface area contributed by atoms with E-state index in [2.05, 4.69) is 11.8 Å². The van der Waals surface area contributed by atoms with Crippen molar-refractivity contribution in [2.24, 2.45) is 5.41 Å². The lowest BCUT2D eigenvalue weighted by molar-refractivity contribution is 0.199. The van der Waals surface area contributed by atoms with E-state index in [1.165, 1.54) is 0 Å². The number of hydrogen-bond donors (Lipinski definition) is 1. The molecule has 1 N–H and O–H groups in total. The van der Waals surface area contributed by atoms with Crippen LogP contribution < -0.4 is 4.74 Å². The molecule has 0 saturated carbocycles. The summed E-state index contributed by atoms with van der Waals surface area (Å²) in [7, 11) is 0. The van der Waals surface area contributed by atoms with Gasteiger partial charge in [0.1, 0.15) is 12.4 Å². The molecule has 0 bridgehead atoms. The molecule has 0 spiro atoms. The minimum Gasteiger partial charge on any atom is -0.479 e. The predicted octanol–water partition coefficient (Wildman–Crippen LogP) is 3.82. The topological polar surface area (TPSA) is 29.5 Å². The van der Waals surface area contributed by atoms with E-state index in [1.807, 2.05) is 20.8 Å². The maximum absolute atomic E-state index is 9.42. The average Bonchev–Trinajstić information content (AvgIpc) is 2.24. The van der Waals surface area contributed by atoms with Gasteiger partial charge in [0.2, 0.25) is 0 Å². The van der Waals surface area contributed by atoms with Crippen molar-refractivity contribution < 1.29 is 9.84 Å². The van der Waals surface area contributed by atoms with Crippen molar-refractivity contribution >= 4 is 11.6 Å². The van der Waals surface area contributed by atoms with Crippen molar-refractivity contribution in [3.63, 3.8) is 0 Å². The number of rotatable bonds is 3. The van der Waals surface area contributed by atoms with Crippen LogP contribution >= 0.6 is 11.6 Å². The first-order valence-corrected chi connectivity index (χ1v) is 6.28. The first kappa shape index (κ1) is 14.9. The van der Waals surface area contributed by atoms with Gasteiger partial charge in [0.15, 0.2) is 0 Å². The van der Waals surface area contributed by atoms with Crippen molar-refractivity contribution in [2.45, 2.75) is 33.8 Å². The molecule has 0 unspecified atom stereocenters. The summed E-state index contributed by atoms with van der Waals surface area (Å²) in [4.78, 5) is 0. The molecule has 1 rings (SSSR count). The van der Waals surface area contributed by atoms with Crippen LogP contribution in [0.3, 0.4) is 0 Å². The van der Waals surface area contributed by atoms with Gasteiger partial charge in [0, 0.05) is 5.41 Å². The summed E-state index contributed by atoms with van der Waals surface area (Å²) in [6, 6.07) is 5.25. The van der Waals surface area contributed by atoms with Crippen LogP contribution in [0.5, 0.6) is 5.75 Å². The van der Waals surface area contributed by atoms with Gasteiger partial charge < -0.3 is 9.84 Å². The van der Waals surface area contributed by atoms with Crippen LogP contribution in [-0.4, -0.2) is 11.7 Å². The van der Waals surface area contributed by atoms with Crippen LogP contribution in [0, 0.1) is 17.3 Å². The molecule has 1 aromatic rings. The zero-order valence-electron chi connectivity index (χ0n) is 11.2. The predicted molar refractivity (Wildman–Crippen MR) is 74.8 cm³/mol. The van der Waals surface area contributed by atoms with Gasteiger partial charge in [-0.1, -0.05) is 29.5 Å². The first-order valence-electron chi connectivity index (χ1n) is 5.90. The van der Waals surface area contributed by atoms with E-state index in [0.717, 1.165) is 5.56 Å². The Hall–Kier alpha value is -1.17. The van der Waals surface area contributed by atoms with E-state index in [4.69, 9.17) is 16.3 Å². The molecule has 2 nitrogen and oxygen atoms in total. The molecule has 0 aliphatic carbocycles. The molecule has 3 heteroatoms. The third-order valence-corrected chi connectivity index (χ3v) is 2.50. The third kappa shape index (κ3) is 5.00. The minimum absolute atomic E-state index is 0.0245. The highest BCUT2D eigenvalue weighted by atomic mass is 35.5.